The van der Waals surface area contributed by atoms with Crippen molar-refractivity contribution in [2.75, 3.05) is 13.2 Å². The average Bonchev–Trinajstić information content (AvgIpc) is 2.45. The van der Waals surface area contributed by atoms with Crippen LogP contribution in [0.3, 0.4) is 0 Å². The van der Waals surface area contributed by atoms with Gasteiger partial charge in [0.15, 0.2) is 11.6 Å². The second kappa shape index (κ2) is 6.91. The van der Waals surface area contributed by atoms with Crippen molar-refractivity contribution in [3.8, 4) is 17.2 Å². The highest BCUT2D eigenvalue weighted by molar-refractivity contribution is 5.40. The minimum Gasteiger partial charge on any atom is -0.494 e. The summed E-state index contributed by atoms with van der Waals surface area (Å²) in [5.41, 5.74) is 6.30. The Morgan fingerprint density at radius 2 is 1.75 bits per heavy atom. The predicted octanol–water partition coefficient (Wildman–Crippen LogP) is 3.52. The molecule has 106 valence electrons. The van der Waals surface area contributed by atoms with Crippen molar-refractivity contribution in [1.82, 2.24) is 0 Å². The van der Waals surface area contributed by atoms with Gasteiger partial charge in [0, 0.05) is 0 Å². The lowest BCUT2D eigenvalue weighted by Gasteiger charge is -2.12. The Kier molecular flexibility index (Phi) is 4.96. The van der Waals surface area contributed by atoms with Gasteiger partial charge in [-0.25, -0.2) is 4.39 Å². The van der Waals surface area contributed by atoms with Gasteiger partial charge in [-0.3, -0.25) is 0 Å². The van der Waals surface area contributed by atoms with Crippen LogP contribution in [0, 0.1) is 5.82 Å². The summed E-state index contributed by atoms with van der Waals surface area (Å²) in [4.78, 5) is 0. The van der Waals surface area contributed by atoms with E-state index in [1.165, 1.54) is 6.07 Å². The molecule has 2 aromatic rings. The summed E-state index contributed by atoms with van der Waals surface area (Å²) in [5.74, 6) is 1.18. The number of rotatable bonds is 6. The first-order chi connectivity index (χ1) is 9.74. The fraction of sp³-hybridized carbons (Fsp3) is 0.250. The SMILES string of the molecule is CCOc1ccc(Oc2c(F)cccc2CCN)cc1. The number of para-hydroxylation sites is 1. The molecule has 0 radical (unpaired) electrons. The summed E-state index contributed by atoms with van der Waals surface area (Å²) < 4.78 is 24.9. The van der Waals surface area contributed by atoms with Gasteiger partial charge in [-0.05, 0) is 55.8 Å². The van der Waals surface area contributed by atoms with Gasteiger partial charge in [0.05, 0.1) is 6.61 Å². The largest absolute Gasteiger partial charge is 0.494 e. The second-order valence-corrected chi connectivity index (χ2v) is 4.27. The molecule has 20 heavy (non-hydrogen) atoms. The van der Waals surface area contributed by atoms with E-state index < -0.39 is 0 Å². The number of ether oxygens (including phenoxy) is 2. The van der Waals surface area contributed by atoms with E-state index in [4.69, 9.17) is 15.2 Å². The van der Waals surface area contributed by atoms with Crippen LogP contribution in [0.25, 0.3) is 0 Å². The van der Waals surface area contributed by atoms with Gasteiger partial charge in [-0.1, -0.05) is 12.1 Å². The highest BCUT2D eigenvalue weighted by Gasteiger charge is 2.10. The van der Waals surface area contributed by atoms with Gasteiger partial charge < -0.3 is 15.2 Å². The minimum absolute atomic E-state index is 0.238. The van der Waals surface area contributed by atoms with Crippen LogP contribution in [0.15, 0.2) is 42.5 Å². The molecular weight excluding hydrogens is 257 g/mol. The zero-order valence-electron chi connectivity index (χ0n) is 11.4. The molecule has 3 nitrogen and oxygen atoms in total. The molecule has 2 aromatic carbocycles. The van der Waals surface area contributed by atoms with Crippen LogP contribution in [-0.4, -0.2) is 13.2 Å². The normalized spacial score (nSPS) is 10.3. The summed E-state index contributed by atoms with van der Waals surface area (Å²) in [6.45, 7) is 2.97. The lowest BCUT2D eigenvalue weighted by Crippen LogP contribution is -2.05. The maximum Gasteiger partial charge on any atom is 0.166 e. The molecule has 0 aromatic heterocycles. The summed E-state index contributed by atoms with van der Waals surface area (Å²) in [5, 5.41) is 0. The number of hydrogen-bond acceptors (Lipinski definition) is 3. The van der Waals surface area contributed by atoms with Crippen LogP contribution < -0.4 is 15.2 Å². The summed E-state index contributed by atoms with van der Waals surface area (Å²) >= 11 is 0. The van der Waals surface area contributed by atoms with Crippen molar-refractivity contribution in [1.29, 1.82) is 0 Å². The van der Waals surface area contributed by atoms with Crippen LogP contribution in [0.1, 0.15) is 12.5 Å². The molecule has 0 fully saturated rings. The van der Waals surface area contributed by atoms with Crippen LogP contribution in [0.2, 0.25) is 0 Å². The summed E-state index contributed by atoms with van der Waals surface area (Å²) in [6.07, 6.45) is 0.574. The number of nitrogens with two attached hydrogens (primary N) is 1. The first-order valence-corrected chi connectivity index (χ1v) is 6.62. The maximum atomic E-state index is 13.9. The van der Waals surface area contributed by atoms with Crippen molar-refractivity contribution in [2.45, 2.75) is 13.3 Å². The molecule has 0 spiro atoms. The van der Waals surface area contributed by atoms with E-state index in [1.54, 1.807) is 30.3 Å². The molecule has 0 aliphatic heterocycles. The highest BCUT2D eigenvalue weighted by Crippen LogP contribution is 2.29. The Bertz CT molecular complexity index is 555. The number of halogens is 1. The van der Waals surface area contributed by atoms with Crippen LogP contribution >= 0.6 is 0 Å². The van der Waals surface area contributed by atoms with Crippen molar-refractivity contribution in [3.05, 3.63) is 53.8 Å². The highest BCUT2D eigenvalue weighted by atomic mass is 19.1. The molecule has 0 unspecified atom stereocenters. The van der Waals surface area contributed by atoms with E-state index in [0.717, 1.165) is 11.3 Å². The number of benzene rings is 2. The zero-order valence-corrected chi connectivity index (χ0v) is 11.4. The Balaban J connectivity index is 2.20. The Morgan fingerprint density at radius 1 is 1.05 bits per heavy atom. The molecule has 0 atom stereocenters. The fourth-order valence-corrected chi connectivity index (χ4v) is 1.91. The Labute approximate surface area is 118 Å². The van der Waals surface area contributed by atoms with E-state index in [9.17, 15) is 4.39 Å². The van der Waals surface area contributed by atoms with Crippen molar-refractivity contribution in [3.63, 3.8) is 0 Å². The fourth-order valence-electron chi connectivity index (χ4n) is 1.91. The maximum absolute atomic E-state index is 13.9. The third-order valence-corrected chi connectivity index (χ3v) is 2.82. The van der Waals surface area contributed by atoms with E-state index in [-0.39, 0.29) is 11.6 Å². The summed E-state index contributed by atoms with van der Waals surface area (Å²) in [7, 11) is 0. The van der Waals surface area contributed by atoms with Gasteiger partial charge >= 0.3 is 0 Å². The zero-order chi connectivity index (χ0) is 14.4. The van der Waals surface area contributed by atoms with E-state index in [2.05, 4.69) is 0 Å². The van der Waals surface area contributed by atoms with Crippen LogP contribution in [0.5, 0.6) is 17.2 Å². The minimum atomic E-state index is -0.384. The van der Waals surface area contributed by atoms with Crippen molar-refractivity contribution >= 4 is 0 Å². The monoisotopic (exact) mass is 275 g/mol. The van der Waals surface area contributed by atoms with Crippen LogP contribution in [-0.2, 0) is 6.42 Å². The van der Waals surface area contributed by atoms with Crippen molar-refractivity contribution in [2.24, 2.45) is 5.73 Å². The molecule has 0 aliphatic carbocycles. The quantitative estimate of drug-likeness (QED) is 0.877. The molecule has 0 aliphatic rings. The third kappa shape index (κ3) is 3.48. The predicted molar refractivity (Wildman–Crippen MR) is 76.8 cm³/mol. The topological polar surface area (TPSA) is 44.5 Å². The Morgan fingerprint density at radius 3 is 2.40 bits per heavy atom. The van der Waals surface area contributed by atoms with E-state index >= 15 is 0 Å². The van der Waals surface area contributed by atoms with E-state index in [0.29, 0.717) is 25.3 Å². The lowest BCUT2D eigenvalue weighted by molar-refractivity contribution is 0.339. The van der Waals surface area contributed by atoms with Gasteiger partial charge in [0.2, 0.25) is 0 Å². The van der Waals surface area contributed by atoms with Crippen molar-refractivity contribution < 1.29 is 13.9 Å². The summed E-state index contributed by atoms with van der Waals surface area (Å²) in [6, 6.07) is 12.0. The van der Waals surface area contributed by atoms with E-state index in [1.807, 2.05) is 13.0 Å². The molecule has 0 heterocycles. The molecule has 0 saturated carbocycles. The van der Waals surface area contributed by atoms with Gasteiger partial charge in [-0.2, -0.15) is 0 Å². The van der Waals surface area contributed by atoms with Crippen LogP contribution in [0.4, 0.5) is 4.39 Å². The first-order valence-electron chi connectivity index (χ1n) is 6.62. The van der Waals surface area contributed by atoms with Gasteiger partial charge in [-0.15, -0.1) is 0 Å². The van der Waals surface area contributed by atoms with Gasteiger partial charge in [0.25, 0.3) is 0 Å². The lowest BCUT2D eigenvalue weighted by atomic mass is 10.1. The second-order valence-electron chi connectivity index (χ2n) is 4.27. The standard InChI is InChI=1S/C16H18FNO2/c1-2-19-13-6-8-14(9-7-13)20-16-12(10-11-18)4-3-5-15(16)17/h3-9H,2,10-11,18H2,1H3. The molecule has 2 N–H and O–H groups in total. The smallest absolute Gasteiger partial charge is 0.166 e. The molecule has 4 heteroatoms. The number of hydrogen-bond donors (Lipinski definition) is 1. The van der Waals surface area contributed by atoms with Gasteiger partial charge in [0.1, 0.15) is 11.5 Å². The Hall–Kier alpha value is -2.07. The molecule has 0 saturated heterocycles. The molecule has 2 rings (SSSR count). The molecule has 0 bridgehead atoms. The molecule has 0 amide bonds. The molecular formula is C16H18FNO2. The first kappa shape index (κ1) is 14.3. The average molecular weight is 275 g/mol. The third-order valence-electron chi connectivity index (χ3n) is 2.82.